The van der Waals surface area contributed by atoms with Gasteiger partial charge in [0.25, 0.3) is 0 Å². The summed E-state index contributed by atoms with van der Waals surface area (Å²) in [5, 5.41) is 4.12. The second kappa shape index (κ2) is 8.07. The Morgan fingerprint density at radius 1 is 1.21 bits per heavy atom. The molecule has 1 aliphatic rings. The van der Waals surface area contributed by atoms with Gasteiger partial charge in [0.1, 0.15) is 5.75 Å². The molecule has 1 saturated heterocycles. The first-order valence-corrected chi connectivity index (χ1v) is 10.0. The lowest BCUT2D eigenvalue weighted by Crippen LogP contribution is -2.24. The maximum Gasteiger partial charge on any atom is 0.232 e. The molecule has 0 radical (unpaired) electrons. The third-order valence-corrected chi connectivity index (χ3v) is 5.17. The van der Waals surface area contributed by atoms with Crippen molar-refractivity contribution in [3.8, 4) is 17.1 Å². The molecule has 1 unspecified atom stereocenters. The smallest absolute Gasteiger partial charge is 0.232 e. The molecular weight excluding hydrogens is 366 g/mol. The molecule has 6 heteroatoms. The molecule has 1 atom stereocenters. The van der Waals surface area contributed by atoms with Gasteiger partial charge in [0.05, 0.1) is 12.5 Å². The normalized spacial score (nSPS) is 16.6. The first-order valence-electron chi connectivity index (χ1n) is 10.0. The summed E-state index contributed by atoms with van der Waals surface area (Å²) in [6.45, 7) is 7.38. The van der Waals surface area contributed by atoms with E-state index < -0.39 is 0 Å². The van der Waals surface area contributed by atoms with Gasteiger partial charge in [-0.2, -0.15) is 4.98 Å². The highest BCUT2D eigenvalue weighted by atomic mass is 16.5. The minimum absolute atomic E-state index is 0.0778. The van der Waals surface area contributed by atoms with Gasteiger partial charge in [-0.3, -0.25) is 4.79 Å². The summed E-state index contributed by atoms with van der Waals surface area (Å²) in [5.74, 6) is 2.15. The molecule has 0 bridgehead atoms. The van der Waals surface area contributed by atoms with Crippen molar-refractivity contribution in [2.45, 2.75) is 39.0 Å². The molecule has 1 amide bonds. The van der Waals surface area contributed by atoms with Crippen molar-refractivity contribution in [1.29, 1.82) is 0 Å². The monoisotopic (exact) mass is 391 g/mol. The molecule has 1 fully saturated rings. The Labute approximate surface area is 170 Å². The number of nitrogens with zero attached hydrogens (tertiary/aromatic N) is 3. The Morgan fingerprint density at radius 2 is 2.03 bits per heavy atom. The van der Waals surface area contributed by atoms with E-state index >= 15 is 0 Å². The highest BCUT2D eigenvalue weighted by Gasteiger charge is 2.35. The SMILES string of the molecule is CCOc1cccc(-c2noc(C3CC(=O)N(c4cccc(C(C)C)c4)C3)n2)c1. The van der Waals surface area contributed by atoms with Crippen LogP contribution in [0.1, 0.15) is 50.5 Å². The molecule has 0 N–H and O–H groups in total. The summed E-state index contributed by atoms with van der Waals surface area (Å²) in [6.07, 6.45) is 0.368. The molecular formula is C23H25N3O3. The first kappa shape index (κ1) is 19.2. The molecule has 0 saturated carbocycles. The third kappa shape index (κ3) is 4.01. The lowest BCUT2D eigenvalue weighted by molar-refractivity contribution is -0.117. The fourth-order valence-corrected chi connectivity index (χ4v) is 3.58. The number of hydrogen-bond donors (Lipinski definition) is 0. The summed E-state index contributed by atoms with van der Waals surface area (Å²) in [5.41, 5.74) is 2.97. The van der Waals surface area contributed by atoms with Crippen LogP contribution in [0.5, 0.6) is 5.75 Å². The highest BCUT2D eigenvalue weighted by molar-refractivity contribution is 5.96. The number of aromatic nitrogens is 2. The maximum absolute atomic E-state index is 12.7. The lowest BCUT2D eigenvalue weighted by Gasteiger charge is -2.18. The van der Waals surface area contributed by atoms with Crippen LogP contribution in [-0.2, 0) is 4.79 Å². The second-order valence-electron chi connectivity index (χ2n) is 7.57. The zero-order valence-electron chi connectivity index (χ0n) is 17.0. The van der Waals surface area contributed by atoms with Crippen LogP contribution >= 0.6 is 0 Å². The summed E-state index contributed by atoms with van der Waals surface area (Å²) < 4.78 is 11.1. The lowest BCUT2D eigenvalue weighted by atomic mass is 10.0. The van der Waals surface area contributed by atoms with E-state index in [0.29, 0.717) is 37.2 Å². The molecule has 2 aromatic carbocycles. The third-order valence-electron chi connectivity index (χ3n) is 5.17. The Balaban J connectivity index is 1.53. The summed E-state index contributed by atoms with van der Waals surface area (Å²) in [4.78, 5) is 19.0. The van der Waals surface area contributed by atoms with E-state index in [2.05, 4.69) is 36.1 Å². The van der Waals surface area contributed by atoms with Gasteiger partial charge in [-0.15, -0.1) is 0 Å². The van der Waals surface area contributed by atoms with Gasteiger partial charge in [0.15, 0.2) is 0 Å². The Bertz CT molecular complexity index is 1010. The van der Waals surface area contributed by atoms with Crippen molar-refractivity contribution in [1.82, 2.24) is 10.1 Å². The quantitative estimate of drug-likeness (QED) is 0.605. The van der Waals surface area contributed by atoms with E-state index in [1.54, 1.807) is 0 Å². The van der Waals surface area contributed by atoms with Crippen molar-refractivity contribution in [3.05, 3.63) is 60.0 Å². The van der Waals surface area contributed by atoms with Gasteiger partial charge in [-0.25, -0.2) is 0 Å². The van der Waals surface area contributed by atoms with Crippen molar-refractivity contribution in [3.63, 3.8) is 0 Å². The molecule has 1 aliphatic heterocycles. The Kier molecular flexibility index (Phi) is 5.34. The second-order valence-corrected chi connectivity index (χ2v) is 7.57. The fraction of sp³-hybridized carbons (Fsp3) is 0.348. The van der Waals surface area contributed by atoms with Crippen LogP contribution in [0.25, 0.3) is 11.4 Å². The number of anilines is 1. The van der Waals surface area contributed by atoms with Crippen LogP contribution in [0.4, 0.5) is 5.69 Å². The predicted molar refractivity (Wildman–Crippen MR) is 111 cm³/mol. The molecule has 0 aliphatic carbocycles. The zero-order chi connectivity index (χ0) is 20.4. The van der Waals surface area contributed by atoms with Crippen LogP contribution in [0.15, 0.2) is 53.1 Å². The number of ether oxygens (including phenoxy) is 1. The van der Waals surface area contributed by atoms with Crippen molar-refractivity contribution >= 4 is 11.6 Å². The number of benzene rings is 2. The molecule has 2 heterocycles. The van der Waals surface area contributed by atoms with Crippen LogP contribution in [-0.4, -0.2) is 29.2 Å². The van der Waals surface area contributed by atoms with Crippen molar-refractivity contribution in [2.24, 2.45) is 0 Å². The maximum atomic E-state index is 12.7. The van der Waals surface area contributed by atoms with Gasteiger partial charge < -0.3 is 14.2 Å². The van der Waals surface area contributed by atoms with Crippen LogP contribution in [0.3, 0.4) is 0 Å². The average Bonchev–Trinajstić information content (AvgIpc) is 3.35. The fourth-order valence-electron chi connectivity index (χ4n) is 3.58. The van der Waals surface area contributed by atoms with E-state index in [-0.39, 0.29) is 11.8 Å². The van der Waals surface area contributed by atoms with Crippen LogP contribution in [0, 0.1) is 0 Å². The van der Waals surface area contributed by atoms with Crippen LogP contribution in [0.2, 0.25) is 0 Å². The zero-order valence-corrected chi connectivity index (χ0v) is 17.0. The summed E-state index contributed by atoms with van der Waals surface area (Å²) >= 11 is 0. The van der Waals surface area contributed by atoms with E-state index in [4.69, 9.17) is 9.26 Å². The molecule has 4 rings (SSSR count). The Hall–Kier alpha value is -3.15. The standard InChI is InChI=1S/C23H25N3O3/c1-4-28-20-10-6-8-17(12-20)22-24-23(29-25-22)18-13-21(27)26(14-18)19-9-5-7-16(11-19)15(2)3/h5-12,15,18H,4,13-14H2,1-3H3. The van der Waals surface area contributed by atoms with Gasteiger partial charge in [0, 0.05) is 24.2 Å². The number of hydrogen-bond acceptors (Lipinski definition) is 5. The van der Waals surface area contributed by atoms with Gasteiger partial charge in [-0.05, 0) is 42.7 Å². The predicted octanol–water partition coefficient (Wildman–Crippen LogP) is 4.78. The molecule has 3 aromatic rings. The molecule has 1 aromatic heterocycles. The van der Waals surface area contributed by atoms with Gasteiger partial charge in [-0.1, -0.05) is 43.3 Å². The summed E-state index contributed by atoms with van der Waals surface area (Å²) in [7, 11) is 0. The van der Waals surface area contributed by atoms with E-state index in [1.807, 2.05) is 48.2 Å². The number of rotatable bonds is 6. The average molecular weight is 391 g/mol. The van der Waals surface area contributed by atoms with E-state index in [1.165, 1.54) is 5.56 Å². The first-order chi connectivity index (χ1) is 14.0. The van der Waals surface area contributed by atoms with Gasteiger partial charge >= 0.3 is 0 Å². The van der Waals surface area contributed by atoms with Crippen LogP contribution < -0.4 is 9.64 Å². The van der Waals surface area contributed by atoms with Gasteiger partial charge in [0.2, 0.25) is 17.6 Å². The van der Waals surface area contributed by atoms with E-state index in [9.17, 15) is 4.79 Å². The number of carbonyl (C=O) groups excluding carboxylic acids is 1. The minimum Gasteiger partial charge on any atom is -0.494 e. The van der Waals surface area contributed by atoms with E-state index in [0.717, 1.165) is 17.0 Å². The molecule has 150 valence electrons. The molecule has 29 heavy (non-hydrogen) atoms. The number of amides is 1. The molecule has 0 spiro atoms. The number of carbonyl (C=O) groups is 1. The summed E-state index contributed by atoms with van der Waals surface area (Å²) in [6, 6.07) is 15.8. The minimum atomic E-state index is -0.110. The largest absolute Gasteiger partial charge is 0.494 e. The van der Waals surface area contributed by atoms with Crippen molar-refractivity contribution in [2.75, 3.05) is 18.1 Å². The Morgan fingerprint density at radius 3 is 2.83 bits per heavy atom. The topological polar surface area (TPSA) is 68.5 Å². The van der Waals surface area contributed by atoms with Crippen molar-refractivity contribution < 1.29 is 14.1 Å². The molecule has 6 nitrogen and oxygen atoms in total. The highest BCUT2D eigenvalue weighted by Crippen LogP contribution is 2.33.